The van der Waals surface area contributed by atoms with Crippen LogP contribution < -0.4 is 10.6 Å². The molecule has 1 aliphatic rings. The molecule has 0 saturated carbocycles. The van der Waals surface area contributed by atoms with E-state index in [-0.39, 0.29) is 11.4 Å². The first-order valence-electron chi connectivity index (χ1n) is 6.99. The van der Waals surface area contributed by atoms with Gasteiger partial charge in [-0.15, -0.1) is 0 Å². The maximum absolute atomic E-state index is 12.3. The summed E-state index contributed by atoms with van der Waals surface area (Å²) in [6, 6.07) is 0. The second-order valence-corrected chi connectivity index (χ2v) is 5.10. The number of rotatable bonds is 6. The van der Waals surface area contributed by atoms with Crippen molar-refractivity contribution in [2.75, 3.05) is 13.1 Å². The van der Waals surface area contributed by atoms with Gasteiger partial charge in [-0.25, -0.2) is 0 Å². The maximum atomic E-state index is 12.3. The lowest BCUT2D eigenvalue weighted by molar-refractivity contribution is -0.127. The van der Waals surface area contributed by atoms with Crippen molar-refractivity contribution in [3.05, 3.63) is 11.7 Å². The molecular weight excluding hydrogens is 244 g/mol. The van der Waals surface area contributed by atoms with Crippen molar-refractivity contribution in [1.29, 1.82) is 0 Å². The van der Waals surface area contributed by atoms with Crippen molar-refractivity contribution in [2.45, 2.75) is 51.5 Å². The van der Waals surface area contributed by atoms with Crippen molar-refractivity contribution in [3.8, 4) is 0 Å². The minimum absolute atomic E-state index is 0.104. The van der Waals surface area contributed by atoms with Gasteiger partial charge in [0.2, 0.25) is 11.8 Å². The van der Waals surface area contributed by atoms with Crippen molar-refractivity contribution in [1.82, 2.24) is 20.8 Å². The molecule has 1 unspecified atom stereocenters. The molecule has 0 aromatic carbocycles. The molecule has 0 aliphatic carbocycles. The van der Waals surface area contributed by atoms with Crippen LogP contribution in [0.15, 0.2) is 4.52 Å². The Labute approximate surface area is 113 Å². The van der Waals surface area contributed by atoms with Gasteiger partial charge in [0.1, 0.15) is 0 Å². The molecule has 0 spiro atoms. The molecule has 2 N–H and O–H groups in total. The van der Waals surface area contributed by atoms with E-state index in [1.165, 1.54) is 0 Å². The summed E-state index contributed by atoms with van der Waals surface area (Å²) in [5.74, 6) is 1.30. The zero-order chi connectivity index (χ0) is 13.7. The molecule has 19 heavy (non-hydrogen) atoms. The molecular formula is C13H22N4O2. The van der Waals surface area contributed by atoms with Gasteiger partial charge < -0.3 is 15.2 Å². The molecule has 0 bridgehead atoms. The standard InChI is InChI=1S/C13H22N4O2/c1-3-6-13(7-4-8-15-13)12(18)14-9-5-11-16-10(2)19-17-11/h15H,3-9H2,1-2H3,(H,14,18). The maximum Gasteiger partial charge on any atom is 0.240 e. The zero-order valence-corrected chi connectivity index (χ0v) is 11.7. The first-order valence-corrected chi connectivity index (χ1v) is 6.99. The molecule has 106 valence electrons. The number of carbonyl (C=O) groups excluding carboxylic acids is 1. The monoisotopic (exact) mass is 266 g/mol. The van der Waals surface area contributed by atoms with Gasteiger partial charge in [0.15, 0.2) is 5.82 Å². The summed E-state index contributed by atoms with van der Waals surface area (Å²) in [6.45, 7) is 5.34. The molecule has 1 amide bonds. The molecule has 0 radical (unpaired) electrons. The van der Waals surface area contributed by atoms with Crippen LogP contribution in [-0.2, 0) is 11.2 Å². The Morgan fingerprint density at radius 1 is 1.58 bits per heavy atom. The fourth-order valence-electron chi connectivity index (χ4n) is 2.65. The van der Waals surface area contributed by atoms with Crippen LogP contribution >= 0.6 is 0 Å². The van der Waals surface area contributed by atoms with Crippen LogP contribution in [0.25, 0.3) is 0 Å². The van der Waals surface area contributed by atoms with E-state index in [0.717, 1.165) is 32.2 Å². The van der Waals surface area contributed by atoms with E-state index in [1.54, 1.807) is 6.92 Å². The normalized spacial score (nSPS) is 22.6. The van der Waals surface area contributed by atoms with Crippen molar-refractivity contribution >= 4 is 5.91 Å². The SMILES string of the molecule is CCCC1(C(=O)NCCc2noc(C)n2)CCCN1. The molecule has 1 atom stereocenters. The van der Waals surface area contributed by atoms with Gasteiger partial charge in [0.25, 0.3) is 0 Å². The Kier molecular flexibility index (Phi) is 4.52. The predicted octanol–water partition coefficient (Wildman–Crippen LogP) is 0.959. The first-order chi connectivity index (χ1) is 9.16. The molecule has 1 aromatic rings. The molecule has 1 aliphatic heterocycles. The summed E-state index contributed by atoms with van der Waals surface area (Å²) in [5, 5.41) is 10.2. The molecule has 6 heteroatoms. The highest BCUT2D eigenvalue weighted by molar-refractivity contribution is 5.86. The average molecular weight is 266 g/mol. The van der Waals surface area contributed by atoms with Crippen molar-refractivity contribution in [2.24, 2.45) is 0 Å². The van der Waals surface area contributed by atoms with E-state index in [0.29, 0.717) is 24.7 Å². The number of nitrogens with zero attached hydrogens (tertiary/aromatic N) is 2. The predicted molar refractivity (Wildman–Crippen MR) is 70.6 cm³/mol. The van der Waals surface area contributed by atoms with Gasteiger partial charge in [-0.2, -0.15) is 4.98 Å². The Balaban J connectivity index is 1.82. The van der Waals surface area contributed by atoms with E-state index < -0.39 is 0 Å². The largest absolute Gasteiger partial charge is 0.354 e. The summed E-state index contributed by atoms with van der Waals surface area (Å²) >= 11 is 0. The number of aromatic nitrogens is 2. The summed E-state index contributed by atoms with van der Waals surface area (Å²) < 4.78 is 4.89. The summed E-state index contributed by atoms with van der Waals surface area (Å²) in [5.41, 5.74) is -0.359. The Bertz CT molecular complexity index is 424. The highest BCUT2D eigenvalue weighted by Gasteiger charge is 2.39. The Morgan fingerprint density at radius 3 is 3.00 bits per heavy atom. The highest BCUT2D eigenvalue weighted by atomic mass is 16.5. The third kappa shape index (κ3) is 3.32. The Morgan fingerprint density at radius 2 is 2.42 bits per heavy atom. The van der Waals surface area contributed by atoms with Gasteiger partial charge in [0.05, 0.1) is 5.54 Å². The van der Waals surface area contributed by atoms with Gasteiger partial charge in [-0.1, -0.05) is 18.5 Å². The van der Waals surface area contributed by atoms with Crippen LogP contribution in [-0.4, -0.2) is 34.7 Å². The molecule has 2 rings (SSSR count). The smallest absolute Gasteiger partial charge is 0.240 e. The van der Waals surface area contributed by atoms with E-state index in [4.69, 9.17) is 4.52 Å². The van der Waals surface area contributed by atoms with Gasteiger partial charge in [-0.3, -0.25) is 4.79 Å². The fourth-order valence-corrected chi connectivity index (χ4v) is 2.65. The van der Waals surface area contributed by atoms with Gasteiger partial charge in [0, 0.05) is 19.9 Å². The number of amides is 1. The lowest BCUT2D eigenvalue weighted by Gasteiger charge is -2.27. The first kappa shape index (κ1) is 14.0. The second kappa shape index (κ2) is 6.14. The second-order valence-electron chi connectivity index (χ2n) is 5.10. The average Bonchev–Trinajstić information content (AvgIpc) is 3.00. The fraction of sp³-hybridized carbons (Fsp3) is 0.769. The summed E-state index contributed by atoms with van der Waals surface area (Å²) in [4.78, 5) is 16.4. The van der Waals surface area contributed by atoms with Gasteiger partial charge >= 0.3 is 0 Å². The van der Waals surface area contributed by atoms with Crippen LogP contribution in [0.3, 0.4) is 0 Å². The third-order valence-corrected chi connectivity index (χ3v) is 3.56. The highest BCUT2D eigenvalue weighted by Crippen LogP contribution is 2.24. The van der Waals surface area contributed by atoms with Crippen molar-refractivity contribution in [3.63, 3.8) is 0 Å². The van der Waals surface area contributed by atoms with Crippen molar-refractivity contribution < 1.29 is 9.32 Å². The van der Waals surface area contributed by atoms with E-state index in [2.05, 4.69) is 27.7 Å². The van der Waals surface area contributed by atoms with Crippen LogP contribution in [0.4, 0.5) is 0 Å². The number of hydrogen-bond donors (Lipinski definition) is 2. The van der Waals surface area contributed by atoms with Crippen LogP contribution in [0.5, 0.6) is 0 Å². The third-order valence-electron chi connectivity index (χ3n) is 3.56. The van der Waals surface area contributed by atoms with E-state index >= 15 is 0 Å². The number of aryl methyl sites for hydroxylation is 1. The van der Waals surface area contributed by atoms with Crippen LogP contribution in [0.2, 0.25) is 0 Å². The molecule has 1 fully saturated rings. The number of carbonyl (C=O) groups is 1. The zero-order valence-electron chi connectivity index (χ0n) is 11.7. The van der Waals surface area contributed by atoms with Crippen LogP contribution in [0, 0.1) is 6.92 Å². The minimum Gasteiger partial charge on any atom is -0.354 e. The lowest BCUT2D eigenvalue weighted by Crippen LogP contribution is -2.53. The quantitative estimate of drug-likeness (QED) is 0.801. The number of nitrogens with one attached hydrogen (secondary N) is 2. The molecule has 1 aromatic heterocycles. The molecule has 1 saturated heterocycles. The van der Waals surface area contributed by atoms with E-state index in [9.17, 15) is 4.79 Å². The minimum atomic E-state index is -0.359. The summed E-state index contributed by atoms with van der Waals surface area (Å²) in [6.07, 6.45) is 4.49. The summed E-state index contributed by atoms with van der Waals surface area (Å²) in [7, 11) is 0. The lowest BCUT2D eigenvalue weighted by atomic mass is 9.91. The number of hydrogen-bond acceptors (Lipinski definition) is 5. The Hall–Kier alpha value is -1.43. The van der Waals surface area contributed by atoms with Gasteiger partial charge in [-0.05, 0) is 25.8 Å². The van der Waals surface area contributed by atoms with E-state index in [1.807, 2.05) is 0 Å². The van der Waals surface area contributed by atoms with Crippen LogP contribution in [0.1, 0.15) is 44.3 Å². The molecule has 2 heterocycles. The topological polar surface area (TPSA) is 80.1 Å². The molecule has 6 nitrogen and oxygen atoms in total.